The minimum atomic E-state index is 0. The monoisotopic (exact) mass is 312 g/mol. The predicted octanol–water partition coefficient (Wildman–Crippen LogP) is 5.05. The molecule has 0 aromatic heterocycles. The van der Waals surface area contributed by atoms with Gasteiger partial charge in [0.25, 0.3) is 0 Å². The second-order valence-corrected chi connectivity index (χ2v) is 6.23. The molecule has 0 spiro atoms. The molecule has 3 atom stereocenters. The van der Waals surface area contributed by atoms with E-state index in [1.807, 2.05) is 24.3 Å². The molecule has 0 amide bonds. The van der Waals surface area contributed by atoms with Crippen LogP contribution in [0.5, 0.6) is 17.2 Å². The van der Waals surface area contributed by atoms with Crippen molar-refractivity contribution in [2.24, 2.45) is 5.92 Å². The van der Waals surface area contributed by atoms with E-state index in [-0.39, 0.29) is 13.5 Å². The van der Waals surface area contributed by atoms with E-state index in [1.54, 1.807) is 13.2 Å². The first-order valence-corrected chi connectivity index (χ1v) is 7.90. The minimum absolute atomic E-state index is 0. The molecule has 1 heterocycles. The Labute approximate surface area is 137 Å². The molecule has 1 aliphatic carbocycles. The largest absolute Gasteiger partial charge is 0.508 e. The number of hydrogen-bond donors (Lipinski definition) is 1. The fourth-order valence-corrected chi connectivity index (χ4v) is 4.00. The number of fused-ring (bicyclic) bond motifs is 3. The summed E-state index contributed by atoms with van der Waals surface area (Å²) in [7, 11) is 1.68. The van der Waals surface area contributed by atoms with Crippen molar-refractivity contribution in [1.82, 2.24) is 0 Å². The van der Waals surface area contributed by atoms with E-state index in [4.69, 9.17) is 9.47 Å². The van der Waals surface area contributed by atoms with Gasteiger partial charge in [-0.2, -0.15) is 0 Å². The van der Waals surface area contributed by atoms with Gasteiger partial charge >= 0.3 is 0 Å². The zero-order chi connectivity index (χ0) is 15.1. The number of methoxy groups -OCH3 is 1. The lowest BCUT2D eigenvalue weighted by atomic mass is 9.80. The zero-order valence-corrected chi connectivity index (χ0v) is 12.7. The van der Waals surface area contributed by atoms with Gasteiger partial charge < -0.3 is 14.6 Å². The summed E-state index contributed by atoms with van der Waals surface area (Å²) in [5.41, 5.74) is 2.38. The van der Waals surface area contributed by atoms with Gasteiger partial charge in [-0.1, -0.05) is 26.0 Å². The number of rotatable bonds is 2. The number of hydrogen-bond acceptors (Lipinski definition) is 3. The first-order valence-electron chi connectivity index (χ1n) is 7.90. The van der Waals surface area contributed by atoms with E-state index in [0.29, 0.717) is 17.6 Å². The summed E-state index contributed by atoms with van der Waals surface area (Å²) in [6, 6.07) is 13.7. The Kier molecular flexibility index (Phi) is 4.20. The summed E-state index contributed by atoms with van der Waals surface area (Å²) in [5.74, 6) is 3.09. The van der Waals surface area contributed by atoms with E-state index in [1.165, 1.54) is 30.4 Å². The molecule has 122 valence electrons. The van der Waals surface area contributed by atoms with E-state index >= 15 is 0 Å². The van der Waals surface area contributed by atoms with Gasteiger partial charge in [0.2, 0.25) is 0 Å². The Morgan fingerprint density at radius 3 is 2.61 bits per heavy atom. The minimum Gasteiger partial charge on any atom is -0.508 e. The number of phenolic OH excluding ortho intramolecular Hbond substituents is 1. The Morgan fingerprint density at radius 2 is 1.87 bits per heavy atom. The molecule has 2 aromatic rings. The van der Waals surface area contributed by atoms with Crippen LogP contribution in [0, 0.1) is 5.92 Å². The lowest BCUT2D eigenvalue weighted by molar-refractivity contribution is 0.104. The third-order valence-corrected chi connectivity index (χ3v) is 5.05. The molecule has 0 bridgehead atoms. The molecule has 4 rings (SSSR count). The standard InChI is InChI=1S/C19H20O3.CH4/c1-21-14-8-5-12(6-9-14)19-16-4-2-3-15(16)17-11-13(20)7-10-18(17)22-19;/h5-11,15-16,19-20H,2-4H2,1H3;1H4/t15-,16+,19+;/m0./s1. The van der Waals surface area contributed by atoms with Gasteiger partial charge in [0.1, 0.15) is 23.4 Å². The van der Waals surface area contributed by atoms with Crippen LogP contribution in [0.3, 0.4) is 0 Å². The Morgan fingerprint density at radius 1 is 1.09 bits per heavy atom. The Balaban J connectivity index is 0.00000156. The average Bonchev–Trinajstić information content (AvgIpc) is 3.04. The highest BCUT2D eigenvalue weighted by atomic mass is 16.5. The molecule has 1 aliphatic heterocycles. The topological polar surface area (TPSA) is 38.7 Å². The van der Waals surface area contributed by atoms with Gasteiger partial charge in [-0.05, 0) is 54.7 Å². The van der Waals surface area contributed by atoms with Crippen molar-refractivity contribution in [3.63, 3.8) is 0 Å². The van der Waals surface area contributed by atoms with Gasteiger partial charge in [-0.15, -0.1) is 0 Å². The zero-order valence-electron chi connectivity index (χ0n) is 12.7. The van der Waals surface area contributed by atoms with Crippen LogP contribution < -0.4 is 9.47 Å². The molecular weight excluding hydrogens is 288 g/mol. The van der Waals surface area contributed by atoms with Crippen LogP contribution in [0.1, 0.15) is 49.8 Å². The summed E-state index contributed by atoms with van der Waals surface area (Å²) < 4.78 is 11.6. The molecular formula is C20H24O3. The van der Waals surface area contributed by atoms with Gasteiger partial charge in [0.15, 0.2) is 0 Å². The quantitative estimate of drug-likeness (QED) is 0.843. The first-order chi connectivity index (χ1) is 10.8. The maximum Gasteiger partial charge on any atom is 0.127 e. The number of aromatic hydroxyl groups is 1. The molecule has 2 aliphatic rings. The molecule has 3 heteroatoms. The summed E-state index contributed by atoms with van der Waals surface area (Å²) in [5, 5.41) is 9.78. The van der Waals surface area contributed by atoms with Crippen molar-refractivity contribution in [3.05, 3.63) is 53.6 Å². The van der Waals surface area contributed by atoms with Crippen molar-refractivity contribution >= 4 is 0 Å². The molecule has 1 N–H and O–H groups in total. The number of ether oxygens (including phenoxy) is 2. The van der Waals surface area contributed by atoms with Crippen LogP contribution in [0.25, 0.3) is 0 Å². The van der Waals surface area contributed by atoms with Crippen LogP contribution in [0.2, 0.25) is 0 Å². The fraction of sp³-hybridized carbons (Fsp3) is 0.400. The third kappa shape index (κ3) is 2.65. The molecule has 0 unspecified atom stereocenters. The van der Waals surface area contributed by atoms with Crippen LogP contribution in [0.15, 0.2) is 42.5 Å². The molecule has 23 heavy (non-hydrogen) atoms. The van der Waals surface area contributed by atoms with Gasteiger partial charge in [-0.3, -0.25) is 0 Å². The van der Waals surface area contributed by atoms with Crippen molar-refractivity contribution in [3.8, 4) is 17.2 Å². The number of phenols is 1. The Bertz CT molecular complexity index is 678. The van der Waals surface area contributed by atoms with Crippen molar-refractivity contribution in [2.75, 3.05) is 7.11 Å². The molecule has 0 radical (unpaired) electrons. The highest BCUT2D eigenvalue weighted by molar-refractivity contribution is 5.45. The second-order valence-electron chi connectivity index (χ2n) is 6.23. The van der Waals surface area contributed by atoms with E-state index < -0.39 is 0 Å². The highest BCUT2D eigenvalue weighted by Gasteiger charge is 2.41. The average molecular weight is 312 g/mol. The van der Waals surface area contributed by atoms with Gasteiger partial charge in [0.05, 0.1) is 7.11 Å². The van der Waals surface area contributed by atoms with Crippen LogP contribution in [-0.4, -0.2) is 12.2 Å². The Hall–Kier alpha value is -2.16. The van der Waals surface area contributed by atoms with E-state index in [0.717, 1.165) is 11.5 Å². The maximum absolute atomic E-state index is 9.78. The normalized spacial score (nSPS) is 24.8. The van der Waals surface area contributed by atoms with E-state index in [9.17, 15) is 5.11 Å². The molecule has 2 aromatic carbocycles. The molecule has 0 saturated heterocycles. The predicted molar refractivity (Wildman–Crippen MR) is 91.3 cm³/mol. The smallest absolute Gasteiger partial charge is 0.127 e. The molecule has 1 saturated carbocycles. The summed E-state index contributed by atoms with van der Waals surface area (Å²) in [4.78, 5) is 0. The lowest BCUT2D eigenvalue weighted by Gasteiger charge is -2.36. The van der Waals surface area contributed by atoms with Gasteiger partial charge in [0, 0.05) is 11.5 Å². The van der Waals surface area contributed by atoms with Crippen LogP contribution in [-0.2, 0) is 0 Å². The van der Waals surface area contributed by atoms with Gasteiger partial charge in [-0.25, -0.2) is 0 Å². The first kappa shape index (κ1) is 15.7. The molecule has 3 nitrogen and oxygen atoms in total. The summed E-state index contributed by atoms with van der Waals surface area (Å²) >= 11 is 0. The van der Waals surface area contributed by atoms with Crippen LogP contribution >= 0.6 is 0 Å². The highest BCUT2D eigenvalue weighted by Crippen LogP contribution is 2.54. The number of benzene rings is 2. The lowest BCUT2D eigenvalue weighted by Crippen LogP contribution is -2.26. The third-order valence-electron chi connectivity index (χ3n) is 5.05. The summed E-state index contributed by atoms with van der Waals surface area (Å²) in [6.07, 6.45) is 3.67. The van der Waals surface area contributed by atoms with Crippen molar-refractivity contribution < 1.29 is 14.6 Å². The van der Waals surface area contributed by atoms with E-state index in [2.05, 4.69) is 12.1 Å². The SMILES string of the molecule is C.COc1ccc([C@H]2Oc3ccc(O)cc3[C@H]3CCC[C@H]32)cc1. The summed E-state index contributed by atoms with van der Waals surface area (Å²) in [6.45, 7) is 0. The molecule has 1 fully saturated rings. The van der Waals surface area contributed by atoms with Crippen LogP contribution in [0.4, 0.5) is 0 Å². The second kappa shape index (κ2) is 6.15. The van der Waals surface area contributed by atoms with Crippen molar-refractivity contribution in [2.45, 2.75) is 38.7 Å². The van der Waals surface area contributed by atoms with Crippen molar-refractivity contribution in [1.29, 1.82) is 0 Å². The maximum atomic E-state index is 9.78. The fourth-order valence-electron chi connectivity index (χ4n) is 4.00.